The van der Waals surface area contributed by atoms with Crippen molar-refractivity contribution < 1.29 is 14.0 Å². The summed E-state index contributed by atoms with van der Waals surface area (Å²) in [7, 11) is 4.26. The van der Waals surface area contributed by atoms with Crippen LogP contribution in [0.25, 0.3) is 0 Å². The Kier molecular flexibility index (Phi) is 5.39. The number of carbonyl (C=O) groups is 1. The van der Waals surface area contributed by atoms with Gasteiger partial charge < -0.3 is 9.22 Å². The number of quaternary nitrogens is 1. The minimum absolute atomic E-state index is 0.337. The third-order valence-corrected chi connectivity index (χ3v) is 1.94. The van der Waals surface area contributed by atoms with Gasteiger partial charge in [-0.2, -0.15) is 0 Å². The van der Waals surface area contributed by atoms with Gasteiger partial charge in [-0.25, -0.2) is 4.79 Å². The zero-order chi connectivity index (χ0) is 10.3. The standard InChI is InChI=1S/C10H20NO2/c1-5-7-11(3,4)8-9-13-10(12)6-2/h6H,2,5,7-9H2,1,3-4H3/q+1. The summed E-state index contributed by atoms with van der Waals surface area (Å²) in [4.78, 5) is 10.7. The van der Waals surface area contributed by atoms with E-state index in [9.17, 15) is 4.79 Å². The van der Waals surface area contributed by atoms with Crippen LogP contribution < -0.4 is 0 Å². The molecule has 0 radical (unpaired) electrons. The number of esters is 1. The Morgan fingerprint density at radius 1 is 1.46 bits per heavy atom. The Balaban J connectivity index is 3.62. The van der Waals surface area contributed by atoms with Crippen LogP contribution in [0.3, 0.4) is 0 Å². The lowest BCUT2D eigenvalue weighted by Gasteiger charge is -2.28. The lowest BCUT2D eigenvalue weighted by atomic mass is 10.4. The molecular formula is C10H20NO2+. The van der Waals surface area contributed by atoms with Crippen LogP contribution in [-0.2, 0) is 9.53 Å². The van der Waals surface area contributed by atoms with Crippen molar-refractivity contribution in [2.75, 3.05) is 33.8 Å². The molecule has 0 saturated carbocycles. The second-order valence-electron chi connectivity index (χ2n) is 3.75. The van der Waals surface area contributed by atoms with Crippen LogP contribution in [0, 0.1) is 0 Å². The minimum atomic E-state index is -0.337. The largest absolute Gasteiger partial charge is 0.457 e. The SMILES string of the molecule is C=CC(=O)OCC[N+](C)(C)CCC. The molecule has 0 spiro atoms. The molecule has 0 bridgehead atoms. The van der Waals surface area contributed by atoms with Crippen LogP contribution in [0.2, 0.25) is 0 Å². The monoisotopic (exact) mass is 186 g/mol. The van der Waals surface area contributed by atoms with Gasteiger partial charge in [0.1, 0.15) is 13.2 Å². The van der Waals surface area contributed by atoms with Crippen molar-refractivity contribution >= 4 is 5.97 Å². The van der Waals surface area contributed by atoms with E-state index < -0.39 is 0 Å². The molecule has 0 aliphatic heterocycles. The molecule has 76 valence electrons. The van der Waals surface area contributed by atoms with Crippen LogP contribution >= 0.6 is 0 Å². The van der Waals surface area contributed by atoms with E-state index in [1.165, 1.54) is 6.08 Å². The number of hydrogen-bond acceptors (Lipinski definition) is 2. The number of rotatable bonds is 6. The summed E-state index contributed by atoms with van der Waals surface area (Å²) in [5.74, 6) is -0.337. The van der Waals surface area contributed by atoms with Gasteiger partial charge >= 0.3 is 5.97 Å². The highest BCUT2D eigenvalue weighted by atomic mass is 16.5. The molecule has 0 rings (SSSR count). The second-order valence-corrected chi connectivity index (χ2v) is 3.75. The molecule has 0 aliphatic rings. The number of ether oxygens (including phenoxy) is 1. The van der Waals surface area contributed by atoms with Crippen LogP contribution in [0.5, 0.6) is 0 Å². The van der Waals surface area contributed by atoms with Gasteiger partial charge in [0.15, 0.2) is 0 Å². The fourth-order valence-electron chi connectivity index (χ4n) is 1.17. The number of likely N-dealkylation sites (N-methyl/N-ethyl adjacent to an activating group) is 1. The van der Waals surface area contributed by atoms with E-state index in [-0.39, 0.29) is 5.97 Å². The highest BCUT2D eigenvalue weighted by Gasteiger charge is 2.13. The van der Waals surface area contributed by atoms with Gasteiger partial charge in [0.05, 0.1) is 20.6 Å². The summed E-state index contributed by atoms with van der Waals surface area (Å²) in [6.07, 6.45) is 2.34. The molecule has 0 fully saturated rings. The summed E-state index contributed by atoms with van der Waals surface area (Å²) < 4.78 is 5.79. The third-order valence-electron chi connectivity index (χ3n) is 1.94. The maximum atomic E-state index is 10.7. The molecular weight excluding hydrogens is 166 g/mol. The van der Waals surface area contributed by atoms with Crippen molar-refractivity contribution in [3.8, 4) is 0 Å². The van der Waals surface area contributed by atoms with Crippen LogP contribution in [-0.4, -0.2) is 44.2 Å². The summed E-state index contributed by atoms with van der Waals surface area (Å²) in [6.45, 7) is 7.91. The fourth-order valence-corrected chi connectivity index (χ4v) is 1.17. The molecule has 3 heteroatoms. The average Bonchev–Trinajstić information content (AvgIpc) is 2.03. The van der Waals surface area contributed by atoms with E-state index in [0.29, 0.717) is 6.61 Å². The van der Waals surface area contributed by atoms with Gasteiger partial charge in [-0.3, -0.25) is 0 Å². The Morgan fingerprint density at radius 2 is 2.08 bits per heavy atom. The zero-order valence-electron chi connectivity index (χ0n) is 8.88. The predicted octanol–water partition coefficient (Wildman–Crippen LogP) is 1.20. The number of hydrogen-bond donors (Lipinski definition) is 0. The number of carbonyl (C=O) groups excluding carboxylic acids is 1. The molecule has 13 heavy (non-hydrogen) atoms. The van der Waals surface area contributed by atoms with Crippen LogP contribution in [0.15, 0.2) is 12.7 Å². The third kappa shape index (κ3) is 6.34. The summed E-state index contributed by atoms with van der Waals surface area (Å²) >= 11 is 0. The summed E-state index contributed by atoms with van der Waals surface area (Å²) in [6, 6.07) is 0. The molecule has 0 unspecified atom stereocenters. The van der Waals surface area contributed by atoms with Crippen molar-refractivity contribution in [3.63, 3.8) is 0 Å². The van der Waals surface area contributed by atoms with E-state index in [1.54, 1.807) is 0 Å². The topological polar surface area (TPSA) is 26.3 Å². The van der Waals surface area contributed by atoms with Gasteiger partial charge in [-0.1, -0.05) is 13.5 Å². The second kappa shape index (κ2) is 5.75. The predicted molar refractivity (Wildman–Crippen MR) is 53.3 cm³/mol. The molecule has 3 nitrogen and oxygen atoms in total. The molecule has 0 aromatic carbocycles. The van der Waals surface area contributed by atoms with Crippen molar-refractivity contribution in [1.82, 2.24) is 0 Å². The fraction of sp³-hybridized carbons (Fsp3) is 0.700. The molecule has 0 N–H and O–H groups in total. The van der Waals surface area contributed by atoms with Crippen molar-refractivity contribution in [1.29, 1.82) is 0 Å². The Morgan fingerprint density at radius 3 is 2.54 bits per heavy atom. The smallest absolute Gasteiger partial charge is 0.330 e. The van der Waals surface area contributed by atoms with Gasteiger partial charge in [-0.05, 0) is 6.42 Å². The quantitative estimate of drug-likeness (QED) is 0.354. The Bertz CT molecular complexity index is 176. The van der Waals surface area contributed by atoms with Gasteiger partial charge in [0, 0.05) is 6.08 Å². The zero-order valence-corrected chi connectivity index (χ0v) is 8.88. The van der Waals surface area contributed by atoms with E-state index in [1.807, 2.05) is 0 Å². The average molecular weight is 186 g/mol. The maximum Gasteiger partial charge on any atom is 0.330 e. The molecule has 0 aliphatic carbocycles. The Hall–Kier alpha value is -0.830. The van der Waals surface area contributed by atoms with E-state index in [0.717, 1.165) is 24.0 Å². The first-order valence-corrected chi connectivity index (χ1v) is 4.63. The summed E-state index contributed by atoms with van der Waals surface area (Å²) in [5, 5.41) is 0. The van der Waals surface area contributed by atoms with Gasteiger partial charge in [-0.15, -0.1) is 0 Å². The lowest BCUT2D eigenvalue weighted by Crippen LogP contribution is -2.43. The van der Waals surface area contributed by atoms with Crippen molar-refractivity contribution in [2.45, 2.75) is 13.3 Å². The van der Waals surface area contributed by atoms with E-state index in [2.05, 4.69) is 27.6 Å². The lowest BCUT2D eigenvalue weighted by molar-refractivity contribution is -0.890. The Labute approximate surface area is 80.6 Å². The molecule has 0 aromatic heterocycles. The summed E-state index contributed by atoms with van der Waals surface area (Å²) in [5.41, 5.74) is 0. The van der Waals surface area contributed by atoms with Crippen LogP contribution in [0.1, 0.15) is 13.3 Å². The molecule has 0 amide bonds. The van der Waals surface area contributed by atoms with Crippen LogP contribution in [0.4, 0.5) is 0 Å². The minimum Gasteiger partial charge on any atom is -0.457 e. The first kappa shape index (κ1) is 12.2. The first-order chi connectivity index (χ1) is 6.02. The van der Waals surface area contributed by atoms with Gasteiger partial charge in [0.2, 0.25) is 0 Å². The molecule has 0 aromatic rings. The maximum absolute atomic E-state index is 10.7. The highest BCUT2D eigenvalue weighted by Crippen LogP contribution is 1.98. The molecule has 0 saturated heterocycles. The molecule has 0 atom stereocenters. The van der Waals surface area contributed by atoms with E-state index >= 15 is 0 Å². The van der Waals surface area contributed by atoms with Gasteiger partial charge in [0.25, 0.3) is 0 Å². The van der Waals surface area contributed by atoms with Crippen molar-refractivity contribution in [2.24, 2.45) is 0 Å². The normalized spacial score (nSPS) is 11.0. The van der Waals surface area contributed by atoms with E-state index in [4.69, 9.17) is 4.74 Å². The molecule has 0 heterocycles. The highest BCUT2D eigenvalue weighted by molar-refractivity contribution is 5.81. The van der Waals surface area contributed by atoms with Crippen molar-refractivity contribution in [3.05, 3.63) is 12.7 Å². The number of nitrogens with zero attached hydrogens (tertiary/aromatic N) is 1. The first-order valence-electron chi connectivity index (χ1n) is 4.63.